The third kappa shape index (κ3) is 23.0. The van der Waals surface area contributed by atoms with Gasteiger partial charge in [-0.25, -0.2) is 0 Å². The summed E-state index contributed by atoms with van der Waals surface area (Å²) in [6.07, 6.45) is 5.05. The molecule has 0 atom stereocenters. The number of hydrogen-bond donors (Lipinski definition) is 5. The maximum atomic E-state index is 12.5. The molecule has 0 saturated heterocycles. The molecular weight excluding hydrogens is 1860 g/mol. The first-order valence-corrected chi connectivity index (χ1v) is 51.3. The van der Waals surface area contributed by atoms with Gasteiger partial charge in [0.05, 0.1) is 70.0 Å². The molecule has 0 fully saturated rings. The molecule has 5 amide bonds. The second kappa shape index (κ2) is 45.6. The third-order valence-electron chi connectivity index (χ3n) is 20.3. The van der Waals surface area contributed by atoms with Crippen LogP contribution in [0.25, 0.3) is 75.2 Å². The zero-order valence-electron chi connectivity index (χ0n) is 71.9. The van der Waals surface area contributed by atoms with Crippen molar-refractivity contribution in [3.8, 4) is 76.5 Å². The van der Waals surface area contributed by atoms with Gasteiger partial charge in [-0.15, -0.1) is 108 Å². The van der Waals surface area contributed by atoms with Gasteiger partial charge in [-0.05, 0) is 176 Å². The molecule has 0 bridgehead atoms. The summed E-state index contributed by atoms with van der Waals surface area (Å²) in [6, 6.07) is 60.6. The number of nitrogens with one attached hydrogen (secondary N) is 5. The van der Waals surface area contributed by atoms with E-state index in [1.54, 1.807) is 87.1 Å². The van der Waals surface area contributed by atoms with Gasteiger partial charge >= 0.3 is 0 Å². The molecule has 1 aliphatic carbocycles. The van der Waals surface area contributed by atoms with Gasteiger partial charge in [0.2, 0.25) is 43.1 Å². The number of anilines is 5. The SMILES string of the molecule is CCn1c(SCC(=O)Nc2ccc3c(c2)OCO3)nnc1-c1cccs1.CCn1c(SCC(=O)Nc2cccc3c2CCC3)nnc1-c1cccs1.CCn1c(SCC(=O)Nc2cccc3c2OCO3)nnc1-c1cccs1.CCn1c(SCC(=O)Nc2cccc3ccccc23)nnc1-c1cccs1.CCn1c(SCC(=O)Nc2cccc3cccnc23)nnc1-c1cccs1. The Kier molecular flexibility index (Phi) is 32.0. The van der Waals surface area contributed by atoms with Crippen LogP contribution in [0.3, 0.4) is 0 Å². The first kappa shape index (κ1) is 92.8. The molecule has 17 aromatic rings. The molecule has 40 heteroatoms. The summed E-state index contributed by atoms with van der Waals surface area (Å²) in [5.74, 6) is 7.70. The quantitative estimate of drug-likeness (QED) is 0.0261. The molecule has 0 radical (unpaired) electrons. The minimum Gasteiger partial charge on any atom is -0.454 e. The Bertz CT molecular complexity index is 6440. The van der Waals surface area contributed by atoms with Gasteiger partial charge in [0.25, 0.3) is 0 Å². The number of fused-ring (bicyclic) bond motifs is 5. The van der Waals surface area contributed by atoms with Crippen molar-refractivity contribution in [2.24, 2.45) is 0 Å². The van der Waals surface area contributed by atoms with Crippen molar-refractivity contribution in [3.05, 3.63) is 232 Å². The zero-order chi connectivity index (χ0) is 91.1. The second-order valence-corrected chi connectivity index (χ2v) is 38.1. The fraction of sp³-hybridized carbons (Fsp3) is 0.217. The van der Waals surface area contributed by atoms with Crippen LogP contribution in [0.4, 0.5) is 28.4 Å². The average Bonchev–Trinajstić information content (AvgIpc) is 1.58. The Labute approximate surface area is 800 Å². The highest BCUT2D eigenvalue weighted by atomic mass is 32.2. The van der Waals surface area contributed by atoms with Crippen LogP contribution in [-0.4, -0.2) is 151 Å². The molecule has 132 heavy (non-hydrogen) atoms. The van der Waals surface area contributed by atoms with Crippen LogP contribution in [0.2, 0.25) is 0 Å². The van der Waals surface area contributed by atoms with Crippen LogP contribution in [0.5, 0.6) is 23.0 Å². The molecular formula is C92H87N21O9S10. The van der Waals surface area contributed by atoms with E-state index in [1.165, 1.54) is 76.4 Å². The number of nitrogens with zero attached hydrogens (tertiary/aromatic N) is 16. The highest BCUT2D eigenvalue weighted by Crippen LogP contribution is 2.41. The summed E-state index contributed by atoms with van der Waals surface area (Å²) >= 11 is 15.1. The number of amides is 5. The summed E-state index contributed by atoms with van der Waals surface area (Å²) in [6.45, 7) is 14.4. The first-order chi connectivity index (χ1) is 64.8. The maximum absolute atomic E-state index is 12.5. The molecule has 13 heterocycles. The van der Waals surface area contributed by atoms with E-state index in [4.69, 9.17) is 18.9 Å². The number of pyridine rings is 1. The highest BCUT2D eigenvalue weighted by Gasteiger charge is 2.26. The predicted octanol–water partition coefficient (Wildman–Crippen LogP) is 20.4. The maximum Gasteiger partial charge on any atom is 0.234 e. The third-order valence-corrected chi connectivity index (χ3v) is 29.4. The van der Waals surface area contributed by atoms with Crippen molar-refractivity contribution < 1.29 is 42.9 Å². The topological polar surface area (TPSA) is 349 Å². The van der Waals surface area contributed by atoms with Crippen molar-refractivity contribution >= 4 is 195 Å². The smallest absolute Gasteiger partial charge is 0.234 e. The number of carbonyl (C=O) groups excluding carboxylic acids is 5. The van der Waals surface area contributed by atoms with E-state index in [0.717, 1.165) is 164 Å². The van der Waals surface area contributed by atoms with E-state index in [0.29, 0.717) is 40.1 Å². The van der Waals surface area contributed by atoms with Crippen molar-refractivity contribution in [2.45, 2.75) is 112 Å². The van der Waals surface area contributed by atoms with Crippen LogP contribution < -0.4 is 45.5 Å². The van der Waals surface area contributed by atoms with Crippen LogP contribution >= 0.6 is 115 Å². The molecule has 11 aromatic heterocycles. The van der Waals surface area contributed by atoms with Crippen molar-refractivity contribution in [1.82, 2.24) is 78.8 Å². The number of hydrogen-bond acceptors (Lipinski definition) is 30. The van der Waals surface area contributed by atoms with E-state index in [9.17, 15) is 24.0 Å². The van der Waals surface area contributed by atoms with Crippen LogP contribution in [-0.2, 0) is 69.5 Å². The minimum atomic E-state index is -0.137. The van der Waals surface area contributed by atoms with Gasteiger partial charge in [0, 0.05) is 72.8 Å². The van der Waals surface area contributed by atoms with Crippen molar-refractivity contribution in [1.29, 1.82) is 0 Å². The van der Waals surface area contributed by atoms with Crippen LogP contribution in [0, 0.1) is 0 Å². The Morgan fingerprint density at radius 1 is 0.341 bits per heavy atom. The van der Waals surface area contributed by atoms with E-state index >= 15 is 0 Å². The largest absolute Gasteiger partial charge is 0.454 e. The lowest BCUT2D eigenvalue weighted by Gasteiger charge is -2.10. The van der Waals surface area contributed by atoms with Crippen LogP contribution in [0.15, 0.2) is 247 Å². The summed E-state index contributed by atoms with van der Waals surface area (Å²) in [5.41, 5.74) is 7.24. The summed E-state index contributed by atoms with van der Waals surface area (Å²) in [5, 5.41) is 74.5. The Morgan fingerprint density at radius 3 is 1.20 bits per heavy atom. The number of thioether (sulfide) groups is 5. The summed E-state index contributed by atoms with van der Waals surface area (Å²) in [7, 11) is 0. The predicted molar refractivity (Wildman–Crippen MR) is 531 cm³/mol. The number of aryl methyl sites for hydroxylation is 1. The molecule has 0 spiro atoms. The van der Waals surface area contributed by atoms with Gasteiger partial charge in [0.15, 0.2) is 77.9 Å². The lowest BCUT2D eigenvalue weighted by Crippen LogP contribution is -2.16. The Morgan fingerprint density at radius 2 is 0.720 bits per heavy atom. The minimum absolute atomic E-state index is 0.00127. The van der Waals surface area contributed by atoms with Gasteiger partial charge in [-0.2, -0.15) is 0 Å². The fourth-order valence-corrected chi connectivity index (χ4v) is 21.8. The Hall–Kier alpha value is -12.5. The molecule has 674 valence electrons. The van der Waals surface area contributed by atoms with Gasteiger partial charge in [-0.3, -0.25) is 29.0 Å². The lowest BCUT2D eigenvalue weighted by atomic mass is 10.1. The molecule has 3 aliphatic rings. The van der Waals surface area contributed by atoms with E-state index in [1.807, 2.05) is 224 Å². The number of rotatable bonds is 30. The number of carbonyl (C=O) groups is 5. The number of thiophene rings is 5. The van der Waals surface area contributed by atoms with E-state index in [-0.39, 0.29) is 66.1 Å². The summed E-state index contributed by atoms with van der Waals surface area (Å²) in [4.78, 5) is 71.7. The number of aromatic nitrogens is 16. The van der Waals surface area contributed by atoms with Gasteiger partial charge in [-0.1, -0.05) is 162 Å². The standard InChI is InChI=1S/C20H18N4OS2.C19H17N5OS2.C19H20N4OS2.2C17H16N4O3S2/c1-2-24-19(17-11-6-12-26-17)22-23-20(24)27-13-18(25)21-16-10-5-8-14-7-3-4-9-15(14)16;1-2-24-18(15-9-5-11-26-15)22-23-19(24)27-12-16(25)21-14-8-3-6-13-7-4-10-20-17(13)14;1-2-23-18(16-10-5-11-25-16)21-22-19(23)26-12-17(24)20-15-9-4-7-13-6-3-8-14(13)15;1-2-21-16(13-7-4-8-25-13)19-20-17(21)26-9-14(22)18-11-5-3-6-12-15(11)24-10-23-12;1-2-21-16(14-4-3-7-25-14)19-20-17(21)26-9-15(22)18-11-5-6-12-13(8-11)24-10-23-12/h3-12H,2,13H2,1H3,(H,21,25);3-11H,2,12H2,1H3,(H,21,25);4-5,7,9-11H,2-3,6,8,12H2,1H3,(H,20,24);2*3-8H,2,9-10H2,1H3,(H,18,22). The zero-order valence-corrected chi connectivity index (χ0v) is 80.0. The van der Waals surface area contributed by atoms with Gasteiger partial charge in [0.1, 0.15) is 0 Å². The average molecular weight is 1950 g/mol. The molecule has 2 aliphatic heterocycles. The first-order valence-electron chi connectivity index (χ1n) is 42.0. The number of benzene rings is 6. The fourth-order valence-electron chi connectivity index (χ4n) is 14.2. The summed E-state index contributed by atoms with van der Waals surface area (Å²) < 4.78 is 31.5. The second-order valence-electron chi connectivity index (χ2n) is 28.6. The normalized spacial score (nSPS) is 11.9. The molecule has 0 saturated carbocycles. The molecule has 0 unspecified atom stereocenters. The lowest BCUT2D eigenvalue weighted by molar-refractivity contribution is -0.114. The van der Waals surface area contributed by atoms with Gasteiger partial charge < -0.3 is 68.4 Å². The van der Waals surface area contributed by atoms with E-state index < -0.39 is 0 Å². The molecule has 30 nitrogen and oxygen atoms in total. The van der Waals surface area contributed by atoms with E-state index in [2.05, 4.69) is 107 Å². The molecule has 20 rings (SSSR count). The van der Waals surface area contributed by atoms with Crippen molar-refractivity contribution in [2.75, 3.05) is 68.9 Å². The number of para-hydroxylation sites is 2. The molecule has 6 aromatic carbocycles. The Balaban J connectivity index is 0.000000120. The number of ether oxygens (including phenoxy) is 4. The monoisotopic (exact) mass is 1950 g/mol. The van der Waals surface area contributed by atoms with Crippen LogP contribution in [0.1, 0.15) is 52.2 Å². The highest BCUT2D eigenvalue weighted by molar-refractivity contribution is 8.00. The van der Waals surface area contributed by atoms with Crippen molar-refractivity contribution in [3.63, 3.8) is 0 Å². The molecule has 5 N–H and O–H groups in total.